The number of nitrogens with zero attached hydrogens (tertiary/aromatic N) is 1. The lowest BCUT2D eigenvalue weighted by Crippen LogP contribution is -2.03. The Bertz CT molecular complexity index is 967. The summed E-state index contributed by atoms with van der Waals surface area (Å²) >= 11 is 1.37. The molecule has 0 amide bonds. The zero-order chi connectivity index (χ0) is 19.4. The van der Waals surface area contributed by atoms with Gasteiger partial charge in [0.05, 0.1) is 23.7 Å². The van der Waals surface area contributed by atoms with Crippen LogP contribution in [0.15, 0.2) is 42.5 Å². The highest BCUT2D eigenvalue weighted by Crippen LogP contribution is 2.33. The number of carbonyl (C=O) groups is 1. The number of thiazole rings is 1. The fourth-order valence-electron chi connectivity index (χ4n) is 2.53. The summed E-state index contributed by atoms with van der Waals surface area (Å²) in [5, 5.41) is 9.81. The van der Waals surface area contributed by atoms with Crippen LogP contribution in [0.2, 0.25) is 0 Å². The van der Waals surface area contributed by atoms with Crippen LogP contribution in [-0.2, 0) is 4.79 Å². The van der Waals surface area contributed by atoms with Crippen LogP contribution in [0.5, 0.6) is 11.5 Å². The van der Waals surface area contributed by atoms with Gasteiger partial charge < -0.3 is 14.6 Å². The molecule has 27 heavy (non-hydrogen) atoms. The Morgan fingerprint density at radius 1 is 1.26 bits per heavy atom. The fourth-order valence-corrected chi connectivity index (χ4v) is 3.51. The van der Waals surface area contributed by atoms with Crippen LogP contribution in [0.3, 0.4) is 0 Å². The number of methoxy groups -OCH3 is 1. The molecule has 0 saturated heterocycles. The number of aromatic nitrogens is 1. The second-order valence-electron chi connectivity index (χ2n) is 5.52. The van der Waals surface area contributed by atoms with Gasteiger partial charge in [-0.25, -0.2) is 4.98 Å². The van der Waals surface area contributed by atoms with Gasteiger partial charge >= 0.3 is 12.6 Å². The lowest BCUT2D eigenvalue weighted by Gasteiger charge is -2.10. The monoisotopic (exact) mass is 391 g/mol. The van der Waals surface area contributed by atoms with Crippen molar-refractivity contribution in [3.63, 3.8) is 0 Å². The summed E-state index contributed by atoms with van der Waals surface area (Å²) in [6.07, 6.45) is 1.35. The number of rotatable bonds is 7. The van der Waals surface area contributed by atoms with Crippen molar-refractivity contribution < 1.29 is 28.2 Å². The van der Waals surface area contributed by atoms with Crippen molar-refractivity contribution in [2.45, 2.75) is 13.0 Å². The standard InChI is InChI=1S/C19H15F2NO4S/c1-25-14-7-6-11(9-15(14)26-19(20)21)8-12(10-17(23)24)18-22-13-4-2-3-5-16(13)27-18/h2-9,19H,10H2,1H3,(H,23,24)/b12-8+. The van der Waals surface area contributed by atoms with Gasteiger partial charge in [0.25, 0.3) is 0 Å². The molecular weight excluding hydrogens is 376 g/mol. The normalized spacial score (nSPS) is 11.8. The van der Waals surface area contributed by atoms with E-state index in [1.165, 1.54) is 30.6 Å². The third-order valence-corrected chi connectivity index (χ3v) is 4.77. The average Bonchev–Trinajstić information content (AvgIpc) is 3.05. The van der Waals surface area contributed by atoms with E-state index < -0.39 is 12.6 Å². The number of benzene rings is 2. The maximum atomic E-state index is 12.6. The number of hydrogen-bond acceptors (Lipinski definition) is 5. The van der Waals surface area contributed by atoms with Crippen LogP contribution in [0.25, 0.3) is 21.9 Å². The topological polar surface area (TPSA) is 68.7 Å². The van der Waals surface area contributed by atoms with E-state index in [1.807, 2.05) is 24.3 Å². The number of carboxylic acids is 1. The number of halogens is 2. The van der Waals surface area contributed by atoms with Crippen molar-refractivity contribution in [1.29, 1.82) is 0 Å². The van der Waals surface area contributed by atoms with Crippen LogP contribution in [0.1, 0.15) is 17.0 Å². The van der Waals surface area contributed by atoms with Crippen LogP contribution in [0.4, 0.5) is 8.78 Å². The van der Waals surface area contributed by atoms with E-state index in [2.05, 4.69) is 9.72 Å². The Morgan fingerprint density at radius 2 is 2.04 bits per heavy atom. The minimum absolute atomic E-state index is 0.125. The largest absolute Gasteiger partial charge is 0.493 e. The molecule has 140 valence electrons. The van der Waals surface area contributed by atoms with E-state index in [4.69, 9.17) is 4.74 Å². The van der Waals surface area contributed by atoms with Gasteiger partial charge in [0.1, 0.15) is 5.01 Å². The summed E-state index contributed by atoms with van der Waals surface area (Å²) in [4.78, 5) is 15.8. The average molecular weight is 391 g/mol. The first-order chi connectivity index (χ1) is 13.0. The van der Waals surface area contributed by atoms with Crippen molar-refractivity contribution in [2.24, 2.45) is 0 Å². The first kappa shape index (κ1) is 18.8. The molecule has 2 aromatic carbocycles. The Hall–Kier alpha value is -3.00. The zero-order valence-electron chi connectivity index (χ0n) is 14.2. The summed E-state index contributed by atoms with van der Waals surface area (Å²) < 4.78 is 35.6. The number of ether oxygens (including phenoxy) is 2. The van der Waals surface area contributed by atoms with Gasteiger partial charge in [0, 0.05) is 0 Å². The number of fused-ring (bicyclic) bond motifs is 1. The minimum atomic E-state index is -3.00. The molecule has 0 aliphatic heterocycles. The molecule has 3 rings (SSSR count). The third kappa shape index (κ3) is 4.59. The number of para-hydroxylation sites is 1. The fraction of sp³-hybridized carbons (Fsp3) is 0.158. The molecule has 1 N–H and O–H groups in total. The van der Waals surface area contributed by atoms with Crippen molar-refractivity contribution in [1.82, 2.24) is 4.98 Å². The number of aliphatic carboxylic acids is 1. The second kappa shape index (κ2) is 8.13. The van der Waals surface area contributed by atoms with Crippen LogP contribution in [-0.4, -0.2) is 29.8 Å². The Labute approximate surface area is 157 Å². The van der Waals surface area contributed by atoms with E-state index in [-0.39, 0.29) is 17.9 Å². The molecule has 0 aliphatic carbocycles. The van der Waals surface area contributed by atoms with Gasteiger partial charge in [-0.15, -0.1) is 11.3 Å². The number of alkyl halides is 2. The predicted octanol–water partition coefficient (Wildman–Crippen LogP) is 4.92. The molecule has 0 aliphatic rings. The summed E-state index contributed by atoms with van der Waals surface area (Å²) in [5.41, 5.74) is 1.74. The van der Waals surface area contributed by atoms with Gasteiger partial charge in [-0.1, -0.05) is 18.2 Å². The first-order valence-electron chi connectivity index (χ1n) is 7.87. The number of hydrogen-bond donors (Lipinski definition) is 1. The van der Waals surface area contributed by atoms with E-state index in [9.17, 15) is 18.7 Å². The molecule has 8 heteroatoms. The second-order valence-corrected chi connectivity index (χ2v) is 6.55. The van der Waals surface area contributed by atoms with E-state index in [0.29, 0.717) is 16.1 Å². The maximum Gasteiger partial charge on any atom is 0.387 e. The molecule has 0 radical (unpaired) electrons. The molecule has 3 aromatic rings. The molecule has 0 fully saturated rings. The molecular formula is C19H15F2NO4S. The van der Waals surface area contributed by atoms with Gasteiger partial charge in [0.15, 0.2) is 11.5 Å². The predicted molar refractivity (Wildman–Crippen MR) is 99.4 cm³/mol. The van der Waals surface area contributed by atoms with E-state index in [0.717, 1.165) is 10.2 Å². The van der Waals surface area contributed by atoms with Crippen molar-refractivity contribution in [2.75, 3.05) is 7.11 Å². The quantitative estimate of drug-likeness (QED) is 0.619. The smallest absolute Gasteiger partial charge is 0.387 e. The summed E-state index contributed by atoms with van der Waals surface area (Å²) in [7, 11) is 1.35. The highest BCUT2D eigenvalue weighted by molar-refractivity contribution is 7.19. The lowest BCUT2D eigenvalue weighted by atomic mass is 10.1. The summed E-state index contributed by atoms with van der Waals surface area (Å²) in [6.45, 7) is -3.00. The van der Waals surface area contributed by atoms with Gasteiger partial charge in [-0.05, 0) is 41.5 Å². The minimum Gasteiger partial charge on any atom is -0.493 e. The Balaban J connectivity index is 2.04. The Morgan fingerprint density at radius 3 is 2.70 bits per heavy atom. The summed E-state index contributed by atoms with van der Waals surface area (Å²) in [6, 6.07) is 12.0. The molecule has 0 atom stereocenters. The molecule has 1 aromatic heterocycles. The SMILES string of the molecule is COc1ccc(/C=C(\CC(=O)O)c2nc3ccccc3s2)cc1OC(F)F. The highest BCUT2D eigenvalue weighted by atomic mass is 32.1. The molecule has 5 nitrogen and oxygen atoms in total. The van der Waals surface area contributed by atoms with E-state index in [1.54, 1.807) is 12.1 Å². The zero-order valence-corrected chi connectivity index (χ0v) is 15.0. The molecule has 0 bridgehead atoms. The lowest BCUT2D eigenvalue weighted by molar-refractivity contribution is -0.135. The van der Waals surface area contributed by atoms with Gasteiger partial charge in [0.2, 0.25) is 0 Å². The number of carboxylic acid groups (broad SMARTS) is 1. The Kier molecular flexibility index (Phi) is 5.66. The van der Waals surface area contributed by atoms with E-state index >= 15 is 0 Å². The molecule has 0 spiro atoms. The molecule has 1 heterocycles. The first-order valence-corrected chi connectivity index (χ1v) is 8.69. The van der Waals surface area contributed by atoms with Crippen LogP contribution < -0.4 is 9.47 Å². The third-order valence-electron chi connectivity index (χ3n) is 3.65. The van der Waals surface area contributed by atoms with Crippen molar-refractivity contribution in [3.8, 4) is 11.5 Å². The van der Waals surface area contributed by atoms with Crippen molar-refractivity contribution in [3.05, 3.63) is 53.0 Å². The highest BCUT2D eigenvalue weighted by Gasteiger charge is 2.15. The maximum absolute atomic E-state index is 12.6. The van der Waals surface area contributed by atoms with Gasteiger partial charge in [-0.3, -0.25) is 4.79 Å². The van der Waals surface area contributed by atoms with Crippen LogP contribution >= 0.6 is 11.3 Å². The van der Waals surface area contributed by atoms with Gasteiger partial charge in [-0.2, -0.15) is 8.78 Å². The van der Waals surface area contributed by atoms with Crippen LogP contribution in [0, 0.1) is 0 Å². The molecule has 0 saturated carbocycles. The summed E-state index contributed by atoms with van der Waals surface area (Å²) in [5.74, 6) is -0.981. The van der Waals surface area contributed by atoms with Crippen molar-refractivity contribution >= 4 is 39.2 Å². The molecule has 0 unspecified atom stereocenters.